The van der Waals surface area contributed by atoms with Crippen LogP contribution in [0.3, 0.4) is 0 Å². The first-order valence-electron chi connectivity index (χ1n) is 13.5. The van der Waals surface area contributed by atoms with Crippen LogP contribution in [0.1, 0.15) is 51.4 Å². The Balaban J connectivity index is 0.00000354. The van der Waals surface area contributed by atoms with Gasteiger partial charge in [0.05, 0.1) is 13.2 Å². The van der Waals surface area contributed by atoms with Crippen LogP contribution in [0.2, 0.25) is 0 Å². The fourth-order valence-corrected chi connectivity index (χ4v) is 3.38. The molecule has 0 atom stereocenters. The Morgan fingerprint density at radius 3 is 1.90 bits per heavy atom. The van der Waals surface area contributed by atoms with E-state index in [2.05, 4.69) is 26.1 Å². The highest BCUT2D eigenvalue weighted by Crippen LogP contribution is 2.09. The molecule has 0 aliphatic heterocycles. The van der Waals surface area contributed by atoms with Crippen LogP contribution in [-0.2, 0) is 19.2 Å². The molecule has 0 spiro atoms. The third kappa shape index (κ3) is 16.5. The van der Waals surface area contributed by atoms with Gasteiger partial charge < -0.3 is 36.0 Å². The van der Waals surface area contributed by atoms with Gasteiger partial charge >= 0.3 is 5.97 Å². The van der Waals surface area contributed by atoms with E-state index in [4.69, 9.17) is 10.8 Å². The van der Waals surface area contributed by atoms with Crippen LogP contribution in [0, 0.1) is 11.8 Å². The van der Waals surface area contributed by atoms with Gasteiger partial charge in [0.2, 0.25) is 17.7 Å². The first-order chi connectivity index (χ1) is 18.8. The summed E-state index contributed by atoms with van der Waals surface area (Å²) in [6, 6.07) is 8.56. The van der Waals surface area contributed by atoms with E-state index in [1.807, 2.05) is 13.8 Å². The van der Waals surface area contributed by atoms with Crippen molar-refractivity contribution < 1.29 is 34.2 Å². The molecule has 1 rings (SSSR count). The maximum absolute atomic E-state index is 13.1. The van der Waals surface area contributed by atoms with E-state index < -0.39 is 30.2 Å². The Hall–Kier alpha value is -3.51. The quantitative estimate of drug-likeness (QED) is 0.226. The molecule has 0 bridgehead atoms. The van der Waals surface area contributed by atoms with E-state index in [0.29, 0.717) is 12.1 Å². The molecule has 0 saturated carbocycles. The zero-order chi connectivity index (χ0) is 30.7. The molecule has 0 aliphatic rings. The molecule has 0 fully saturated rings. The van der Waals surface area contributed by atoms with Gasteiger partial charge in [-0.05, 0) is 24.0 Å². The highest BCUT2D eigenvalue weighted by Gasteiger charge is 2.26. The molecule has 4 amide bonds. The molecule has 1 aromatic rings. The zero-order valence-electron chi connectivity index (χ0n) is 24.5. The second-order valence-corrected chi connectivity index (χ2v) is 10.3. The predicted molar refractivity (Wildman–Crippen MR) is 152 cm³/mol. The predicted octanol–water partition coefficient (Wildman–Crippen LogP) is 0.646. The summed E-state index contributed by atoms with van der Waals surface area (Å²) in [5.74, 6) is -2.11. The summed E-state index contributed by atoms with van der Waals surface area (Å²) in [6.07, 6.45) is -0.138. The molecule has 1 aromatic carbocycles. The molecule has 40 heavy (non-hydrogen) atoms. The molecule has 12 nitrogen and oxygen atoms in total. The van der Waals surface area contributed by atoms with Gasteiger partial charge in [-0.3, -0.25) is 24.0 Å². The van der Waals surface area contributed by atoms with Crippen molar-refractivity contribution in [2.75, 3.05) is 59.0 Å². The van der Waals surface area contributed by atoms with Crippen molar-refractivity contribution in [2.24, 2.45) is 17.6 Å². The highest BCUT2D eigenvalue weighted by molar-refractivity contribution is 5.97. The van der Waals surface area contributed by atoms with Crippen LogP contribution in [0.25, 0.3) is 0 Å². The lowest BCUT2D eigenvalue weighted by molar-refractivity contribution is -0.141. The van der Waals surface area contributed by atoms with Gasteiger partial charge in [-0.15, -0.1) is 0 Å². The molecule has 5 N–H and O–H groups in total. The number of carboxylic acids is 1. The molecule has 226 valence electrons. The van der Waals surface area contributed by atoms with Crippen molar-refractivity contribution in [3.8, 4) is 0 Å². The van der Waals surface area contributed by atoms with Crippen LogP contribution in [0.5, 0.6) is 0 Å². The summed E-state index contributed by atoms with van der Waals surface area (Å²) in [5, 5.41) is 20.3. The number of aliphatic hydroxyl groups is 1. The average Bonchev–Trinajstić information content (AvgIpc) is 2.88. The number of amides is 4. The number of carboxylic acid groups (broad SMARTS) is 1. The number of rotatable bonds is 16. The summed E-state index contributed by atoms with van der Waals surface area (Å²) < 4.78 is 0. The van der Waals surface area contributed by atoms with Crippen molar-refractivity contribution in [1.29, 1.82) is 0 Å². The Morgan fingerprint density at radius 1 is 0.850 bits per heavy atom. The summed E-state index contributed by atoms with van der Waals surface area (Å²) in [5.41, 5.74) is 6.02. The van der Waals surface area contributed by atoms with Gasteiger partial charge in [0.1, 0.15) is 13.1 Å². The molecule has 0 unspecified atom stereocenters. The molecule has 0 heterocycles. The smallest absolute Gasteiger partial charge is 0.322 e. The van der Waals surface area contributed by atoms with E-state index in [-0.39, 0.29) is 64.1 Å². The largest absolute Gasteiger partial charge is 0.480 e. The van der Waals surface area contributed by atoms with Crippen molar-refractivity contribution in [1.82, 2.24) is 20.0 Å². The molecule has 12 heteroatoms. The number of hydrogen-bond acceptors (Lipinski definition) is 7. The lowest BCUT2D eigenvalue weighted by Gasteiger charge is -2.30. The third-order valence-electron chi connectivity index (χ3n) is 5.07. The summed E-state index contributed by atoms with van der Waals surface area (Å²) in [7, 11) is 0. The number of nitrogens with two attached hydrogens (primary N) is 1. The second kappa shape index (κ2) is 20.4. The number of hydrogen-bond donors (Lipinski definition) is 4. The maximum atomic E-state index is 13.1. The van der Waals surface area contributed by atoms with Gasteiger partial charge in [-0.25, -0.2) is 0 Å². The van der Waals surface area contributed by atoms with Crippen molar-refractivity contribution in [3.05, 3.63) is 35.9 Å². The Bertz CT molecular complexity index is 922. The van der Waals surface area contributed by atoms with Crippen LogP contribution < -0.4 is 11.1 Å². The van der Waals surface area contributed by atoms with Gasteiger partial charge in [0.25, 0.3) is 5.91 Å². The third-order valence-corrected chi connectivity index (χ3v) is 5.07. The zero-order valence-corrected chi connectivity index (χ0v) is 24.5. The Labute approximate surface area is 237 Å². The number of nitrogens with zero attached hydrogens (tertiary/aromatic N) is 3. The minimum Gasteiger partial charge on any atom is -0.480 e. The number of carbonyl (C=O) groups is 5. The van der Waals surface area contributed by atoms with E-state index >= 15 is 0 Å². The Morgan fingerprint density at radius 2 is 1.40 bits per heavy atom. The number of carbonyl (C=O) groups excluding carboxylic acids is 4. The first-order valence-corrected chi connectivity index (χ1v) is 13.5. The summed E-state index contributed by atoms with van der Waals surface area (Å²) in [6.45, 7) is 9.21. The van der Waals surface area contributed by atoms with E-state index in [1.54, 1.807) is 30.3 Å². The van der Waals surface area contributed by atoms with Crippen molar-refractivity contribution in [3.63, 3.8) is 0 Å². The van der Waals surface area contributed by atoms with E-state index in [1.165, 1.54) is 14.7 Å². The van der Waals surface area contributed by atoms with Crippen LogP contribution in [0.15, 0.2) is 30.3 Å². The van der Waals surface area contributed by atoms with E-state index in [0.717, 1.165) is 5.92 Å². The van der Waals surface area contributed by atoms with Crippen molar-refractivity contribution >= 4 is 29.6 Å². The normalized spacial score (nSPS) is 10.4. The average molecular weight is 566 g/mol. The van der Waals surface area contributed by atoms with Gasteiger partial charge in [-0.1, -0.05) is 52.8 Å². The second-order valence-electron chi connectivity index (χ2n) is 10.3. The molecule has 0 aliphatic carbocycles. The maximum Gasteiger partial charge on any atom is 0.322 e. The highest BCUT2D eigenvalue weighted by atomic mass is 16.4. The number of nitrogens with one attached hydrogen (secondary N) is 1. The van der Waals surface area contributed by atoms with Gasteiger partial charge in [0, 0.05) is 44.7 Å². The molecular formula is C28H47N5O7. The van der Waals surface area contributed by atoms with Crippen LogP contribution in [0.4, 0.5) is 0 Å². The number of aliphatic hydroxyl groups excluding tert-OH is 1. The van der Waals surface area contributed by atoms with Crippen LogP contribution in [-0.4, -0.2) is 113 Å². The summed E-state index contributed by atoms with van der Waals surface area (Å²) >= 11 is 0. The molecule has 0 aromatic heterocycles. The standard InChI is InChI=1S/C24H37N5O7.C4H10/c1-18(2)15-29(24(36)19-6-4-3-5-7-19)17-22(33)28(12-13-30)16-21(32)27(11-9-25)10-8-20(31)26-14-23(34)35;1-4(2)3/h3-7,18,30H,8-17,25H2,1-2H3,(H,26,31)(H,34,35);4H,1-3H3. The lowest BCUT2D eigenvalue weighted by Crippen LogP contribution is -2.49. The number of aliphatic carboxylic acids is 1. The van der Waals surface area contributed by atoms with Crippen LogP contribution >= 0.6 is 0 Å². The molecular weight excluding hydrogens is 518 g/mol. The fourth-order valence-electron chi connectivity index (χ4n) is 3.38. The van der Waals surface area contributed by atoms with Crippen molar-refractivity contribution in [2.45, 2.75) is 41.0 Å². The first kappa shape index (κ1) is 36.5. The SMILES string of the molecule is CC(C)C.CC(C)CN(CC(=O)N(CCO)CC(=O)N(CCN)CCC(=O)NCC(=O)O)C(=O)c1ccccc1. The van der Waals surface area contributed by atoms with Gasteiger partial charge in [-0.2, -0.15) is 0 Å². The van der Waals surface area contributed by atoms with Gasteiger partial charge in [0.15, 0.2) is 0 Å². The monoisotopic (exact) mass is 565 g/mol. The topological polar surface area (TPSA) is 174 Å². The minimum absolute atomic E-state index is 0.0192. The Kier molecular flexibility index (Phi) is 18.6. The molecule has 0 saturated heterocycles. The number of benzene rings is 1. The minimum atomic E-state index is -1.19. The van der Waals surface area contributed by atoms with E-state index in [9.17, 15) is 29.1 Å². The molecule has 0 radical (unpaired) electrons. The lowest BCUT2D eigenvalue weighted by atomic mass is 10.1. The summed E-state index contributed by atoms with van der Waals surface area (Å²) in [4.78, 5) is 65.3. The fraction of sp³-hybridized carbons (Fsp3) is 0.607.